The van der Waals surface area contributed by atoms with Gasteiger partial charge in [0.15, 0.2) is 0 Å². The third-order valence-electron chi connectivity index (χ3n) is 3.12. The highest BCUT2D eigenvalue weighted by atomic mass is 16.5. The lowest BCUT2D eigenvalue weighted by Crippen LogP contribution is -2.41. The van der Waals surface area contributed by atoms with Crippen LogP contribution in [0.2, 0.25) is 0 Å². The quantitative estimate of drug-likeness (QED) is 0.755. The minimum Gasteiger partial charge on any atom is -0.467 e. The maximum atomic E-state index is 12.2. The van der Waals surface area contributed by atoms with Crippen LogP contribution < -0.4 is 5.32 Å². The van der Waals surface area contributed by atoms with Gasteiger partial charge in [0.25, 0.3) is 5.91 Å². The van der Waals surface area contributed by atoms with Crippen LogP contribution in [0.5, 0.6) is 0 Å². The number of benzene rings is 1. The van der Waals surface area contributed by atoms with Crippen molar-refractivity contribution in [2.75, 3.05) is 14.2 Å². The maximum Gasteiger partial charge on any atom is 0.337 e. The highest BCUT2D eigenvalue weighted by molar-refractivity contribution is 5.99. The predicted molar refractivity (Wildman–Crippen MR) is 81.0 cm³/mol. The first-order valence-electron chi connectivity index (χ1n) is 6.95. The molecule has 0 unspecified atom stereocenters. The third kappa shape index (κ3) is 5.54. The zero-order chi connectivity index (χ0) is 17.4. The second kappa shape index (κ2) is 8.67. The van der Waals surface area contributed by atoms with Crippen LogP contribution in [0.4, 0.5) is 0 Å². The fraction of sp³-hybridized carbons (Fsp3) is 0.375. The predicted octanol–water partition coefficient (Wildman–Crippen LogP) is 1.11. The molecular formula is C16H19NO6. The van der Waals surface area contributed by atoms with Gasteiger partial charge < -0.3 is 19.6 Å². The molecule has 1 atom stereocenters. The number of nitrogens with one attached hydrogen (secondary N) is 1. The summed E-state index contributed by atoms with van der Waals surface area (Å²) in [6, 6.07) is 4.97. The molecule has 0 fully saturated rings. The lowest BCUT2D eigenvalue weighted by atomic mass is 10.1. The molecule has 1 aromatic rings. The molecule has 1 rings (SSSR count). The lowest BCUT2D eigenvalue weighted by molar-refractivity contribution is -0.143. The molecule has 0 heterocycles. The van der Waals surface area contributed by atoms with Crippen molar-refractivity contribution in [2.24, 2.45) is 0 Å². The summed E-state index contributed by atoms with van der Waals surface area (Å²) in [5.74, 6) is -1.85. The van der Waals surface area contributed by atoms with Crippen molar-refractivity contribution >= 4 is 23.6 Å². The van der Waals surface area contributed by atoms with Crippen molar-refractivity contribution in [3.63, 3.8) is 0 Å². The first kappa shape index (κ1) is 18.3. The Balaban J connectivity index is 2.87. The summed E-state index contributed by atoms with van der Waals surface area (Å²) in [4.78, 5) is 46.4. The monoisotopic (exact) mass is 321 g/mol. The van der Waals surface area contributed by atoms with Gasteiger partial charge in [-0.2, -0.15) is 0 Å². The molecular weight excluding hydrogens is 302 g/mol. The van der Waals surface area contributed by atoms with Gasteiger partial charge in [-0.1, -0.05) is 6.07 Å². The number of carbonyl (C=O) groups excluding carboxylic acids is 4. The molecule has 0 saturated heterocycles. The number of esters is 2. The minimum absolute atomic E-state index is 0.0964. The van der Waals surface area contributed by atoms with Gasteiger partial charge in [0, 0.05) is 12.0 Å². The van der Waals surface area contributed by atoms with E-state index in [1.54, 1.807) is 0 Å². The number of hydrogen-bond acceptors (Lipinski definition) is 6. The molecule has 124 valence electrons. The van der Waals surface area contributed by atoms with Crippen LogP contribution in [-0.2, 0) is 19.1 Å². The van der Waals surface area contributed by atoms with E-state index in [0.717, 1.165) is 0 Å². The van der Waals surface area contributed by atoms with Gasteiger partial charge in [-0.15, -0.1) is 0 Å². The largest absolute Gasteiger partial charge is 0.467 e. The molecule has 0 radical (unpaired) electrons. The first-order valence-corrected chi connectivity index (χ1v) is 6.95. The lowest BCUT2D eigenvalue weighted by Gasteiger charge is -2.16. The van der Waals surface area contributed by atoms with Crippen LogP contribution in [-0.4, -0.2) is 43.9 Å². The number of ketones is 1. The van der Waals surface area contributed by atoms with E-state index in [1.807, 2.05) is 0 Å². The summed E-state index contributed by atoms with van der Waals surface area (Å²) in [5.41, 5.74) is 0.420. The van der Waals surface area contributed by atoms with E-state index in [2.05, 4.69) is 14.8 Å². The van der Waals surface area contributed by atoms with Crippen molar-refractivity contribution < 1.29 is 28.7 Å². The Bertz CT molecular complexity index is 610. The molecule has 7 nitrogen and oxygen atoms in total. The molecule has 7 heteroatoms. The van der Waals surface area contributed by atoms with E-state index < -0.39 is 23.9 Å². The Morgan fingerprint density at radius 2 is 1.74 bits per heavy atom. The normalized spacial score (nSPS) is 11.3. The standard InChI is InChI=1S/C16H19NO6/c1-10(18)7-8-13(16(21)23-3)17-14(19)11-5-4-6-12(9-11)15(20)22-2/h4-6,9,13H,7-8H2,1-3H3,(H,17,19)/t13-/m1/s1. The van der Waals surface area contributed by atoms with Crippen molar-refractivity contribution in [3.05, 3.63) is 35.4 Å². The van der Waals surface area contributed by atoms with Crippen molar-refractivity contribution in [3.8, 4) is 0 Å². The molecule has 0 saturated carbocycles. The summed E-state index contributed by atoms with van der Waals surface area (Å²) in [6.07, 6.45) is 0.284. The molecule has 0 aliphatic rings. The van der Waals surface area contributed by atoms with E-state index in [0.29, 0.717) is 0 Å². The fourth-order valence-corrected chi connectivity index (χ4v) is 1.89. The van der Waals surface area contributed by atoms with E-state index in [9.17, 15) is 19.2 Å². The second-order valence-corrected chi connectivity index (χ2v) is 4.86. The molecule has 0 aromatic heterocycles. The number of Topliss-reactive ketones (excluding diaryl/α,β-unsaturated/α-hetero) is 1. The first-order chi connectivity index (χ1) is 10.9. The molecule has 1 aromatic carbocycles. The smallest absolute Gasteiger partial charge is 0.337 e. The van der Waals surface area contributed by atoms with Crippen LogP contribution in [0, 0.1) is 0 Å². The molecule has 1 N–H and O–H groups in total. The van der Waals surface area contributed by atoms with Gasteiger partial charge in [0.2, 0.25) is 0 Å². The summed E-state index contributed by atoms with van der Waals surface area (Å²) < 4.78 is 9.21. The molecule has 1 amide bonds. The Labute approximate surface area is 134 Å². The fourth-order valence-electron chi connectivity index (χ4n) is 1.89. The highest BCUT2D eigenvalue weighted by Gasteiger charge is 2.22. The van der Waals surface area contributed by atoms with Gasteiger partial charge in [0.05, 0.1) is 19.8 Å². The minimum atomic E-state index is -0.932. The van der Waals surface area contributed by atoms with Crippen LogP contribution in [0.15, 0.2) is 24.3 Å². The third-order valence-corrected chi connectivity index (χ3v) is 3.12. The average molecular weight is 321 g/mol. The van der Waals surface area contributed by atoms with Crippen LogP contribution in [0.1, 0.15) is 40.5 Å². The number of amides is 1. The van der Waals surface area contributed by atoms with Gasteiger partial charge in [-0.05, 0) is 31.5 Å². The van der Waals surface area contributed by atoms with Gasteiger partial charge in [-0.3, -0.25) is 4.79 Å². The SMILES string of the molecule is COC(=O)c1cccc(C(=O)N[C@H](CCC(C)=O)C(=O)OC)c1. The van der Waals surface area contributed by atoms with Crippen LogP contribution >= 0.6 is 0 Å². The number of carbonyl (C=O) groups is 4. The summed E-state index contributed by atoms with van der Waals surface area (Å²) >= 11 is 0. The number of methoxy groups -OCH3 is 2. The summed E-state index contributed by atoms with van der Waals surface area (Å²) in [7, 11) is 2.44. The zero-order valence-electron chi connectivity index (χ0n) is 13.3. The van der Waals surface area contributed by atoms with E-state index in [1.165, 1.54) is 45.4 Å². The van der Waals surface area contributed by atoms with Crippen LogP contribution in [0.25, 0.3) is 0 Å². The second-order valence-electron chi connectivity index (χ2n) is 4.86. The molecule has 0 aliphatic carbocycles. The molecule has 0 aliphatic heterocycles. The van der Waals surface area contributed by atoms with Gasteiger partial charge >= 0.3 is 11.9 Å². The zero-order valence-corrected chi connectivity index (χ0v) is 13.3. The molecule has 23 heavy (non-hydrogen) atoms. The number of hydrogen-bond donors (Lipinski definition) is 1. The Kier molecular flexibility index (Phi) is 6.92. The van der Waals surface area contributed by atoms with E-state index in [4.69, 9.17) is 0 Å². The van der Waals surface area contributed by atoms with Gasteiger partial charge in [0.1, 0.15) is 11.8 Å². The molecule has 0 bridgehead atoms. The average Bonchev–Trinajstić information content (AvgIpc) is 2.56. The number of rotatable bonds is 7. The van der Waals surface area contributed by atoms with Crippen molar-refractivity contribution in [1.29, 1.82) is 0 Å². The Hall–Kier alpha value is -2.70. The van der Waals surface area contributed by atoms with E-state index in [-0.39, 0.29) is 29.8 Å². The highest BCUT2D eigenvalue weighted by Crippen LogP contribution is 2.08. The molecule has 0 spiro atoms. The Morgan fingerprint density at radius 1 is 1.09 bits per heavy atom. The van der Waals surface area contributed by atoms with Crippen LogP contribution in [0.3, 0.4) is 0 Å². The summed E-state index contributed by atoms with van der Waals surface area (Å²) in [6.45, 7) is 1.40. The Morgan fingerprint density at radius 3 is 2.30 bits per heavy atom. The maximum absolute atomic E-state index is 12.2. The number of ether oxygens (including phenoxy) is 2. The topological polar surface area (TPSA) is 98.8 Å². The summed E-state index contributed by atoms with van der Waals surface area (Å²) in [5, 5.41) is 2.51. The van der Waals surface area contributed by atoms with Gasteiger partial charge in [-0.25, -0.2) is 9.59 Å². The van der Waals surface area contributed by atoms with Crippen molar-refractivity contribution in [2.45, 2.75) is 25.8 Å². The van der Waals surface area contributed by atoms with Crippen molar-refractivity contribution in [1.82, 2.24) is 5.32 Å². The van der Waals surface area contributed by atoms with E-state index >= 15 is 0 Å².